The Hall–Kier alpha value is -2.17. The Morgan fingerprint density at radius 1 is 1.08 bits per heavy atom. The minimum atomic E-state index is -0.227. The van der Waals surface area contributed by atoms with E-state index in [1.165, 1.54) is 0 Å². The van der Waals surface area contributed by atoms with Gasteiger partial charge in [0, 0.05) is 6.54 Å². The first kappa shape index (κ1) is 16.7. The maximum atomic E-state index is 11.5. The number of primary amides is 1. The van der Waals surface area contributed by atoms with E-state index in [4.69, 9.17) is 10.5 Å². The summed E-state index contributed by atoms with van der Waals surface area (Å²) in [6.07, 6.45) is 1.78. The molecular formula is C20H24N2O2. The second-order valence-electron chi connectivity index (χ2n) is 6.17. The van der Waals surface area contributed by atoms with Crippen molar-refractivity contribution < 1.29 is 9.53 Å². The Labute approximate surface area is 143 Å². The van der Waals surface area contributed by atoms with Crippen LogP contribution >= 0.6 is 0 Å². The third kappa shape index (κ3) is 4.02. The Kier molecular flexibility index (Phi) is 5.62. The lowest BCUT2D eigenvalue weighted by atomic mass is 10.0. The van der Waals surface area contributed by atoms with E-state index in [0.717, 1.165) is 37.1 Å². The van der Waals surface area contributed by atoms with Gasteiger partial charge in [-0.05, 0) is 30.5 Å². The van der Waals surface area contributed by atoms with Crippen molar-refractivity contribution in [2.45, 2.75) is 25.0 Å². The molecule has 3 rings (SSSR count). The third-order valence-corrected chi connectivity index (χ3v) is 4.56. The van der Waals surface area contributed by atoms with Crippen LogP contribution in [0.4, 0.5) is 0 Å². The van der Waals surface area contributed by atoms with Crippen LogP contribution in [0, 0.1) is 0 Å². The highest BCUT2D eigenvalue weighted by Gasteiger charge is 2.28. The molecule has 1 heterocycles. The highest BCUT2D eigenvalue weighted by atomic mass is 16.5. The number of hydrogen-bond donors (Lipinski definition) is 1. The molecule has 0 bridgehead atoms. The summed E-state index contributed by atoms with van der Waals surface area (Å²) in [5.41, 5.74) is 7.75. The summed E-state index contributed by atoms with van der Waals surface area (Å²) in [7, 11) is 0. The number of nitrogens with two attached hydrogens (primary N) is 1. The molecule has 1 atom stereocenters. The number of rotatable bonds is 7. The fourth-order valence-corrected chi connectivity index (χ4v) is 3.34. The van der Waals surface area contributed by atoms with Crippen LogP contribution in [0.2, 0.25) is 0 Å². The van der Waals surface area contributed by atoms with Gasteiger partial charge < -0.3 is 10.5 Å². The van der Waals surface area contributed by atoms with E-state index in [-0.39, 0.29) is 18.1 Å². The second kappa shape index (κ2) is 8.08. The molecule has 1 aliphatic heterocycles. The second-order valence-corrected chi connectivity index (χ2v) is 6.17. The van der Waals surface area contributed by atoms with Gasteiger partial charge in [0.05, 0.1) is 12.6 Å². The number of nitrogens with zero attached hydrogens (tertiary/aromatic N) is 1. The zero-order valence-electron chi connectivity index (χ0n) is 13.8. The average molecular weight is 324 g/mol. The number of carbonyl (C=O) groups is 1. The van der Waals surface area contributed by atoms with Gasteiger partial charge in [-0.25, -0.2) is 0 Å². The number of likely N-dealkylation sites (tertiary alicyclic amines) is 1. The van der Waals surface area contributed by atoms with Gasteiger partial charge in [-0.3, -0.25) is 9.69 Å². The number of amides is 1. The molecule has 126 valence electrons. The predicted octanol–water partition coefficient (Wildman–Crippen LogP) is 2.74. The van der Waals surface area contributed by atoms with Crippen molar-refractivity contribution in [2.75, 3.05) is 19.7 Å². The van der Waals surface area contributed by atoms with E-state index >= 15 is 0 Å². The van der Waals surface area contributed by atoms with Crippen molar-refractivity contribution in [3.05, 3.63) is 71.8 Å². The van der Waals surface area contributed by atoms with Crippen molar-refractivity contribution >= 4 is 5.91 Å². The number of carbonyl (C=O) groups excluding carboxylic acids is 1. The lowest BCUT2D eigenvalue weighted by Gasteiger charge is -2.24. The van der Waals surface area contributed by atoms with Gasteiger partial charge in [0.1, 0.15) is 6.10 Å². The van der Waals surface area contributed by atoms with Crippen molar-refractivity contribution in [1.29, 1.82) is 0 Å². The monoisotopic (exact) mass is 324 g/mol. The largest absolute Gasteiger partial charge is 0.368 e. The topological polar surface area (TPSA) is 55.6 Å². The molecule has 0 saturated carbocycles. The van der Waals surface area contributed by atoms with Crippen molar-refractivity contribution in [2.24, 2.45) is 5.73 Å². The average Bonchev–Trinajstić information content (AvgIpc) is 3.09. The standard InChI is InChI=1S/C20H24N2O2/c21-20(23)18-12-7-13-22(18)14-15-24-19(16-8-3-1-4-9-16)17-10-5-2-6-11-17/h1-6,8-11,18-19H,7,12-15H2,(H2,21,23)/t18-/m0/s1. The van der Waals surface area contributed by atoms with Crippen LogP contribution in [0.1, 0.15) is 30.1 Å². The molecule has 1 fully saturated rings. The summed E-state index contributed by atoms with van der Waals surface area (Å²) in [6.45, 7) is 2.21. The summed E-state index contributed by atoms with van der Waals surface area (Å²) in [4.78, 5) is 13.6. The number of hydrogen-bond acceptors (Lipinski definition) is 3. The van der Waals surface area contributed by atoms with Crippen LogP contribution < -0.4 is 5.73 Å². The first-order valence-corrected chi connectivity index (χ1v) is 8.50. The van der Waals surface area contributed by atoms with Gasteiger partial charge in [-0.15, -0.1) is 0 Å². The first-order valence-electron chi connectivity index (χ1n) is 8.50. The first-order chi connectivity index (χ1) is 11.8. The molecule has 2 aromatic rings. The van der Waals surface area contributed by atoms with E-state index in [9.17, 15) is 4.79 Å². The molecular weight excluding hydrogens is 300 g/mol. The smallest absolute Gasteiger partial charge is 0.234 e. The maximum Gasteiger partial charge on any atom is 0.234 e. The van der Waals surface area contributed by atoms with E-state index < -0.39 is 0 Å². The quantitative estimate of drug-likeness (QED) is 0.852. The fraction of sp³-hybridized carbons (Fsp3) is 0.350. The summed E-state index contributed by atoms with van der Waals surface area (Å²) in [5, 5.41) is 0. The molecule has 2 aromatic carbocycles. The van der Waals surface area contributed by atoms with Crippen LogP contribution in [0.25, 0.3) is 0 Å². The van der Waals surface area contributed by atoms with Gasteiger partial charge in [0.2, 0.25) is 5.91 Å². The summed E-state index contributed by atoms with van der Waals surface area (Å²) < 4.78 is 6.21. The van der Waals surface area contributed by atoms with Gasteiger partial charge in [0.15, 0.2) is 0 Å². The molecule has 4 heteroatoms. The van der Waals surface area contributed by atoms with E-state index in [1.807, 2.05) is 36.4 Å². The number of ether oxygens (including phenoxy) is 1. The predicted molar refractivity (Wildman–Crippen MR) is 94.5 cm³/mol. The Bertz CT molecular complexity index is 606. The van der Waals surface area contributed by atoms with Crippen LogP contribution in [-0.4, -0.2) is 36.5 Å². The number of benzene rings is 2. The molecule has 1 amide bonds. The molecule has 1 saturated heterocycles. The highest BCUT2D eigenvalue weighted by Crippen LogP contribution is 2.26. The van der Waals surface area contributed by atoms with Crippen molar-refractivity contribution in [1.82, 2.24) is 4.90 Å². The lowest BCUT2D eigenvalue weighted by Crippen LogP contribution is -2.41. The summed E-state index contributed by atoms with van der Waals surface area (Å²) in [5.74, 6) is -0.227. The van der Waals surface area contributed by atoms with Gasteiger partial charge in [-0.2, -0.15) is 0 Å². The zero-order valence-corrected chi connectivity index (χ0v) is 13.8. The van der Waals surface area contributed by atoms with Crippen LogP contribution in [-0.2, 0) is 9.53 Å². The van der Waals surface area contributed by atoms with Crippen LogP contribution in [0.3, 0.4) is 0 Å². The molecule has 0 aromatic heterocycles. The van der Waals surface area contributed by atoms with Crippen LogP contribution in [0.15, 0.2) is 60.7 Å². The molecule has 2 N–H and O–H groups in total. The van der Waals surface area contributed by atoms with E-state index in [2.05, 4.69) is 29.2 Å². The summed E-state index contributed by atoms with van der Waals surface area (Å²) >= 11 is 0. The minimum Gasteiger partial charge on any atom is -0.368 e. The van der Waals surface area contributed by atoms with Gasteiger partial charge in [-0.1, -0.05) is 60.7 Å². The van der Waals surface area contributed by atoms with E-state index in [1.54, 1.807) is 0 Å². The van der Waals surface area contributed by atoms with Gasteiger partial charge >= 0.3 is 0 Å². The third-order valence-electron chi connectivity index (χ3n) is 4.56. The van der Waals surface area contributed by atoms with Gasteiger partial charge in [0.25, 0.3) is 0 Å². The summed E-state index contributed by atoms with van der Waals surface area (Å²) in [6, 6.07) is 20.3. The molecule has 4 nitrogen and oxygen atoms in total. The Morgan fingerprint density at radius 2 is 1.67 bits per heavy atom. The molecule has 0 spiro atoms. The highest BCUT2D eigenvalue weighted by molar-refractivity contribution is 5.80. The molecule has 0 unspecified atom stereocenters. The maximum absolute atomic E-state index is 11.5. The van der Waals surface area contributed by atoms with E-state index in [0.29, 0.717) is 6.61 Å². The SMILES string of the molecule is NC(=O)[C@@H]1CCCN1CCOC(c1ccccc1)c1ccccc1. The van der Waals surface area contributed by atoms with Crippen molar-refractivity contribution in [3.8, 4) is 0 Å². The lowest BCUT2D eigenvalue weighted by molar-refractivity contribution is -0.122. The van der Waals surface area contributed by atoms with Crippen molar-refractivity contribution in [3.63, 3.8) is 0 Å². The zero-order chi connectivity index (χ0) is 16.8. The van der Waals surface area contributed by atoms with Crippen LogP contribution in [0.5, 0.6) is 0 Å². The Morgan fingerprint density at radius 3 is 2.21 bits per heavy atom. The molecule has 24 heavy (non-hydrogen) atoms. The fourth-order valence-electron chi connectivity index (χ4n) is 3.34. The normalized spacial score (nSPS) is 18.1. The Balaban J connectivity index is 1.66. The minimum absolute atomic E-state index is 0.0953. The molecule has 0 aliphatic carbocycles. The molecule has 1 aliphatic rings. The molecule has 0 radical (unpaired) electrons.